The minimum atomic E-state index is -4.90. The molecule has 1 atom stereocenters. The van der Waals surface area contributed by atoms with Gasteiger partial charge in [0.05, 0.1) is 21.2 Å². The fraction of sp³-hybridized carbons (Fsp3) is 0.333. The van der Waals surface area contributed by atoms with E-state index in [-0.39, 0.29) is 27.5 Å². The van der Waals surface area contributed by atoms with E-state index in [4.69, 9.17) is 34.8 Å². The lowest BCUT2D eigenvalue weighted by Gasteiger charge is -2.33. The van der Waals surface area contributed by atoms with E-state index in [1.54, 1.807) is 24.3 Å². The normalized spacial score (nSPS) is 14.7. The average Bonchev–Trinajstić information content (AvgIpc) is 3.48. The van der Waals surface area contributed by atoms with E-state index in [1.807, 2.05) is 0 Å². The smallest absolute Gasteiger partial charge is 0.352 e. The number of rotatable bonds is 10. The molecular formula is C30H29Cl3F3N3O4S. The Bertz CT molecular complexity index is 1600. The zero-order valence-corrected chi connectivity index (χ0v) is 26.5. The second-order valence-corrected chi connectivity index (χ2v) is 13.5. The Balaban J connectivity index is 1.77. The van der Waals surface area contributed by atoms with Crippen LogP contribution in [0.15, 0.2) is 71.6 Å². The van der Waals surface area contributed by atoms with Crippen LogP contribution in [0.4, 0.5) is 18.9 Å². The number of hydrogen-bond acceptors (Lipinski definition) is 4. The maximum absolute atomic E-state index is 14.1. The third-order valence-electron chi connectivity index (χ3n) is 7.41. The van der Waals surface area contributed by atoms with Crippen molar-refractivity contribution in [3.05, 3.63) is 92.9 Å². The number of carbonyl (C=O) groups excluding carboxylic acids is 2. The standard InChI is InChI=1S/C30H29Cl3F3N3O4S/c1-19(29(41)37-20-8-5-6-9-20)38(17-23-25(31)12-7-13-26(23)32)28(40)18-39(44(42,43)22-10-3-2-4-11-22)21-14-15-27(33)24(16-21)30(34,35)36/h2-4,7,10-16,19-20H,5-6,8-9,17-18H2,1H3,(H,37,41)/t19-/m1/s1. The summed E-state index contributed by atoms with van der Waals surface area (Å²) < 4.78 is 69.6. The zero-order valence-electron chi connectivity index (χ0n) is 23.5. The topological polar surface area (TPSA) is 86.8 Å². The van der Waals surface area contributed by atoms with Crippen molar-refractivity contribution in [2.45, 2.75) is 62.3 Å². The number of hydrogen-bond donors (Lipinski definition) is 1. The largest absolute Gasteiger partial charge is 0.417 e. The number of anilines is 1. The van der Waals surface area contributed by atoms with E-state index >= 15 is 0 Å². The minimum Gasteiger partial charge on any atom is -0.352 e. The molecule has 0 heterocycles. The second kappa shape index (κ2) is 14.0. The zero-order chi connectivity index (χ0) is 32.2. The van der Waals surface area contributed by atoms with Gasteiger partial charge >= 0.3 is 6.18 Å². The number of benzene rings is 3. The summed E-state index contributed by atoms with van der Waals surface area (Å²) in [7, 11) is -4.59. The molecule has 3 aromatic rings. The van der Waals surface area contributed by atoms with E-state index in [9.17, 15) is 31.2 Å². The van der Waals surface area contributed by atoms with E-state index in [2.05, 4.69) is 5.32 Å². The van der Waals surface area contributed by atoms with E-state index in [0.29, 0.717) is 15.9 Å². The van der Waals surface area contributed by atoms with Crippen molar-refractivity contribution in [2.24, 2.45) is 0 Å². The van der Waals surface area contributed by atoms with E-state index in [1.165, 1.54) is 31.2 Å². The fourth-order valence-corrected chi connectivity index (χ4v) is 7.13. The molecule has 0 aliphatic heterocycles. The molecule has 0 spiro atoms. The van der Waals surface area contributed by atoms with Crippen molar-refractivity contribution in [1.82, 2.24) is 10.2 Å². The monoisotopic (exact) mass is 689 g/mol. The summed E-state index contributed by atoms with van der Waals surface area (Å²) in [4.78, 5) is 28.3. The molecule has 1 fully saturated rings. The summed E-state index contributed by atoms with van der Waals surface area (Å²) in [6, 6.07) is 13.0. The van der Waals surface area contributed by atoms with Crippen LogP contribution in [0.1, 0.15) is 43.7 Å². The summed E-state index contributed by atoms with van der Waals surface area (Å²) in [6.45, 7) is 0.260. The van der Waals surface area contributed by atoms with Crippen LogP contribution < -0.4 is 9.62 Å². The molecule has 236 valence electrons. The molecule has 4 rings (SSSR count). The first kappa shape index (κ1) is 33.9. The lowest BCUT2D eigenvalue weighted by Crippen LogP contribution is -2.52. The summed E-state index contributed by atoms with van der Waals surface area (Å²) in [6.07, 6.45) is -1.44. The van der Waals surface area contributed by atoms with Crippen LogP contribution >= 0.6 is 34.8 Å². The van der Waals surface area contributed by atoms with Crippen molar-refractivity contribution in [2.75, 3.05) is 10.8 Å². The number of carbonyl (C=O) groups is 2. The number of nitrogens with zero attached hydrogens (tertiary/aromatic N) is 2. The molecule has 3 aromatic carbocycles. The third-order valence-corrected chi connectivity index (χ3v) is 10.2. The Morgan fingerprint density at radius 2 is 1.55 bits per heavy atom. The average molecular weight is 691 g/mol. The van der Waals surface area contributed by atoms with Gasteiger partial charge in [0, 0.05) is 28.2 Å². The molecule has 7 nitrogen and oxygen atoms in total. The van der Waals surface area contributed by atoms with Crippen molar-refractivity contribution in [1.29, 1.82) is 0 Å². The van der Waals surface area contributed by atoms with Crippen LogP contribution in [0.5, 0.6) is 0 Å². The first-order valence-corrected chi connectivity index (χ1v) is 16.2. The van der Waals surface area contributed by atoms with E-state index in [0.717, 1.165) is 42.7 Å². The molecule has 1 saturated carbocycles. The van der Waals surface area contributed by atoms with Crippen molar-refractivity contribution < 1.29 is 31.2 Å². The molecule has 2 amide bonds. The predicted octanol–water partition coefficient (Wildman–Crippen LogP) is 7.34. The molecule has 0 saturated heterocycles. The van der Waals surface area contributed by atoms with Crippen LogP contribution in [-0.4, -0.2) is 43.8 Å². The highest BCUT2D eigenvalue weighted by molar-refractivity contribution is 7.92. The van der Waals surface area contributed by atoms with Crippen molar-refractivity contribution in [3.63, 3.8) is 0 Å². The Hall–Kier alpha value is -2.99. The molecule has 44 heavy (non-hydrogen) atoms. The van der Waals surface area contributed by atoms with E-state index < -0.39 is 56.9 Å². The fourth-order valence-electron chi connectivity index (χ4n) is 4.96. The van der Waals surface area contributed by atoms with Gasteiger partial charge in [0.25, 0.3) is 10.0 Å². The highest BCUT2D eigenvalue weighted by Crippen LogP contribution is 2.38. The molecule has 1 aliphatic rings. The van der Waals surface area contributed by atoms with Gasteiger partial charge in [-0.05, 0) is 62.2 Å². The Kier molecular flexibility index (Phi) is 10.8. The highest BCUT2D eigenvalue weighted by atomic mass is 35.5. The molecule has 0 unspecified atom stereocenters. The predicted molar refractivity (Wildman–Crippen MR) is 164 cm³/mol. The summed E-state index contributed by atoms with van der Waals surface area (Å²) in [5.74, 6) is -1.35. The van der Waals surface area contributed by atoms with Gasteiger partial charge in [-0.2, -0.15) is 13.2 Å². The van der Waals surface area contributed by atoms with Crippen LogP contribution in [-0.2, 0) is 32.3 Å². The van der Waals surface area contributed by atoms with Gasteiger partial charge in [-0.1, -0.05) is 71.9 Å². The first-order valence-electron chi connectivity index (χ1n) is 13.7. The van der Waals surface area contributed by atoms with Crippen molar-refractivity contribution in [3.8, 4) is 0 Å². The molecule has 14 heteroatoms. The van der Waals surface area contributed by atoms with Gasteiger partial charge in [-0.25, -0.2) is 8.42 Å². The van der Waals surface area contributed by atoms with Crippen LogP contribution in [0.2, 0.25) is 15.1 Å². The van der Waals surface area contributed by atoms with Gasteiger partial charge in [-0.3, -0.25) is 13.9 Å². The number of alkyl halides is 3. The van der Waals surface area contributed by atoms with Crippen molar-refractivity contribution >= 4 is 62.3 Å². The number of nitrogens with one attached hydrogen (secondary N) is 1. The van der Waals surface area contributed by atoms with Gasteiger partial charge in [0.1, 0.15) is 12.6 Å². The minimum absolute atomic E-state index is 0.0735. The SMILES string of the molecule is C[C@H](C(=O)NC1CCCC1)N(Cc1c(Cl)cccc1Cl)C(=O)CN(c1ccc(Cl)c(C(F)(F)F)c1)S(=O)(=O)c1ccccc1. The van der Waals surface area contributed by atoms with Crippen LogP contribution in [0.3, 0.4) is 0 Å². The number of halogens is 6. The van der Waals surface area contributed by atoms with Crippen LogP contribution in [0.25, 0.3) is 0 Å². The molecule has 0 bridgehead atoms. The van der Waals surface area contributed by atoms with Crippen LogP contribution in [0, 0.1) is 0 Å². The summed E-state index contributed by atoms with van der Waals surface area (Å²) >= 11 is 18.6. The Morgan fingerprint density at radius 1 is 0.932 bits per heavy atom. The Morgan fingerprint density at radius 3 is 2.14 bits per heavy atom. The lowest BCUT2D eigenvalue weighted by atomic mass is 10.1. The first-order chi connectivity index (χ1) is 20.7. The summed E-state index contributed by atoms with van der Waals surface area (Å²) in [5.41, 5.74) is -1.41. The molecule has 0 radical (unpaired) electrons. The van der Waals surface area contributed by atoms with Gasteiger partial charge < -0.3 is 10.2 Å². The third kappa shape index (κ3) is 7.80. The quantitative estimate of drug-likeness (QED) is 0.241. The highest BCUT2D eigenvalue weighted by Gasteiger charge is 2.37. The molecule has 0 aromatic heterocycles. The molecular weight excluding hydrogens is 662 g/mol. The maximum Gasteiger partial charge on any atom is 0.417 e. The van der Waals surface area contributed by atoms with Gasteiger partial charge in [-0.15, -0.1) is 0 Å². The number of amides is 2. The maximum atomic E-state index is 14.1. The summed E-state index contributed by atoms with van der Waals surface area (Å²) in [5, 5.41) is 2.70. The van der Waals surface area contributed by atoms with Gasteiger partial charge in [0.2, 0.25) is 11.8 Å². The Labute approximate surface area is 268 Å². The number of sulfonamides is 1. The molecule has 1 N–H and O–H groups in total. The molecule has 1 aliphatic carbocycles. The second-order valence-electron chi connectivity index (χ2n) is 10.4. The van der Waals surface area contributed by atoms with Gasteiger partial charge in [0.15, 0.2) is 0 Å². The lowest BCUT2D eigenvalue weighted by molar-refractivity contribution is -0.139.